The summed E-state index contributed by atoms with van der Waals surface area (Å²) in [5.41, 5.74) is 1.79. The number of hydrogen-bond acceptors (Lipinski definition) is 7. The van der Waals surface area contributed by atoms with Gasteiger partial charge in [-0.2, -0.15) is 0 Å². The first kappa shape index (κ1) is 33.9. The maximum absolute atomic E-state index is 14.1. The SMILES string of the molecule is CC(C)(C)OC(=O)N1CCC[C@H]1C(=O)N[C@H](Cc1c[nH]c2ccccc12)C(=O)N[C@@H](Cc1ccccc1)C(=O)OC(=O)c1ccccc1. The lowest BCUT2D eigenvalue weighted by Crippen LogP contribution is -2.56. The maximum atomic E-state index is 14.1. The first-order valence-electron chi connectivity index (χ1n) is 16.0. The maximum Gasteiger partial charge on any atom is 0.410 e. The van der Waals surface area contributed by atoms with Crippen molar-refractivity contribution in [3.8, 4) is 0 Å². The number of ether oxygens (including phenoxy) is 2. The summed E-state index contributed by atoms with van der Waals surface area (Å²) in [7, 11) is 0. The summed E-state index contributed by atoms with van der Waals surface area (Å²) in [6.07, 6.45) is 2.28. The summed E-state index contributed by atoms with van der Waals surface area (Å²) in [5.74, 6) is -2.95. The molecule has 11 nitrogen and oxygen atoms in total. The molecule has 250 valence electrons. The fraction of sp³-hybridized carbons (Fsp3) is 0.324. The molecule has 3 N–H and O–H groups in total. The van der Waals surface area contributed by atoms with Crippen molar-refractivity contribution in [3.05, 3.63) is 108 Å². The number of esters is 2. The highest BCUT2D eigenvalue weighted by molar-refractivity contribution is 6.00. The number of amides is 3. The monoisotopic (exact) mass is 652 g/mol. The Labute approximate surface area is 279 Å². The Balaban J connectivity index is 1.39. The fourth-order valence-corrected chi connectivity index (χ4v) is 5.69. The van der Waals surface area contributed by atoms with E-state index in [1.165, 1.54) is 17.0 Å². The van der Waals surface area contributed by atoms with E-state index >= 15 is 0 Å². The van der Waals surface area contributed by atoms with E-state index in [4.69, 9.17) is 9.47 Å². The molecule has 48 heavy (non-hydrogen) atoms. The zero-order chi connectivity index (χ0) is 34.3. The zero-order valence-corrected chi connectivity index (χ0v) is 27.2. The molecule has 0 bridgehead atoms. The van der Waals surface area contributed by atoms with Gasteiger partial charge in [-0.25, -0.2) is 14.4 Å². The minimum Gasteiger partial charge on any atom is -0.444 e. The van der Waals surface area contributed by atoms with E-state index in [-0.39, 0.29) is 18.4 Å². The molecule has 2 heterocycles. The molecule has 0 radical (unpaired) electrons. The topological polar surface area (TPSA) is 147 Å². The van der Waals surface area contributed by atoms with Gasteiger partial charge in [-0.3, -0.25) is 14.5 Å². The number of carbonyl (C=O) groups excluding carboxylic acids is 5. The summed E-state index contributed by atoms with van der Waals surface area (Å²) in [5, 5.41) is 6.47. The van der Waals surface area contributed by atoms with Gasteiger partial charge in [0.15, 0.2) is 0 Å². The number of hydrogen-bond donors (Lipinski definition) is 3. The predicted octanol–water partition coefficient (Wildman–Crippen LogP) is 4.71. The van der Waals surface area contributed by atoms with E-state index in [9.17, 15) is 24.0 Å². The number of carbonyl (C=O) groups is 5. The molecule has 1 aromatic heterocycles. The number of aromatic nitrogens is 1. The van der Waals surface area contributed by atoms with Crippen molar-refractivity contribution >= 4 is 40.7 Å². The van der Waals surface area contributed by atoms with Crippen LogP contribution in [0.3, 0.4) is 0 Å². The Bertz CT molecular complexity index is 1760. The Morgan fingerprint density at radius 1 is 0.854 bits per heavy atom. The number of nitrogens with zero attached hydrogens (tertiary/aromatic N) is 1. The smallest absolute Gasteiger partial charge is 0.410 e. The van der Waals surface area contributed by atoms with E-state index in [2.05, 4.69) is 15.6 Å². The second kappa shape index (κ2) is 15.0. The van der Waals surface area contributed by atoms with Crippen LogP contribution in [0, 0.1) is 0 Å². The average molecular weight is 653 g/mol. The number of benzene rings is 3. The molecule has 11 heteroatoms. The lowest BCUT2D eigenvalue weighted by Gasteiger charge is -2.29. The molecule has 1 aliphatic heterocycles. The highest BCUT2D eigenvalue weighted by atomic mass is 16.6. The standard InChI is InChI=1S/C37H40N4O7/c1-37(2,3)48-36(46)41-20-12-19-31(41)33(43)39-29(22-26-23-38-28-18-11-10-17-27(26)28)32(42)40-30(21-24-13-6-4-7-14-24)35(45)47-34(44)25-15-8-5-9-16-25/h4-11,13-18,23,29-31,38H,12,19-22H2,1-3H3,(H,39,43)(H,40,42)/t29-,30+,31+/m1/s1. The van der Waals surface area contributed by atoms with E-state index in [0.29, 0.717) is 19.4 Å². The van der Waals surface area contributed by atoms with Crippen LogP contribution in [-0.2, 0) is 36.7 Å². The van der Waals surface area contributed by atoms with Crippen molar-refractivity contribution in [2.75, 3.05) is 6.54 Å². The van der Waals surface area contributed by atoms with Gasteiger partial charge in [0.05, 0.1) is 5.56 Å². The molecule has 5 rings (SSSR count). The Hall–Kier alpha value is -5.45. The Morgan fingerprint density at radius 3 is 2.23 bits per heavy atom. The first-order chi connectivity index (χ1) is 23.0. The summed E-state index contributed by atoms with van der Waals surface area (Å²) >= 11 is 0. The first-order valence-corrected chi connectivity index (χ1v) is 16.0. The van der Waals surface area contributed by atoms with Crippen molar-refractivity contribution in [2.24, 2.45) is 0 Å². The van der Waals surface area contributed by atoms with Gasteiger partial charge in [0.25, 0.3) is 0 Å². The highest BCUT2D eigenvalue weighted by Crippen LogP contribution is 2.23. The third kappa shape index (κ3) is 8.67. The van der Waals surface area contributed by atoms with Crippen LogP contribution in [0.15, 0.2) is 91.1 Å². The minimum absolute atomic E-state index is 0.0380. The van der Waals surface area contributed by atoms with Crippen LogP contribution >= 0.6 is 0 Å². The molecule has 3 amide bonds. The van der Waals surface area contributed by atoms with E-state index in [0.717, 1.165) is 22.0 Å². The molecule has 1 aliphatic rings. The Kier molecular flexibility index (Phi) is 10.6. The van der Waals surface area contributed by atoms with Crippen molar-refractivity contribution in [2.45, 2.75) is 70.2 Å². The largest absolute Gasteiger partial charge is 0.444 e. The number of likely N-dealkylation sites (tertiary alicyclic amines) is 1. The number of rotatable bonds is 10. The molecule has 0 saturated carbocycles. The van der Waals surface area contributed by atoms with Crippen LogP contribution in [0.2, 0.25) is 0 Å². The summed E-state index contributed by atoms with van der Waals surface area (Å²) in [6.45, 7) is 5.60. The van der Waals surface area contributed by atoms with Crippen LogP contribution in [0.25, 0.3) is 10.9 Å². The van der Waals surface area contributed by atoms with Gasteiger partial charge in [-0.05, 0) is 62.9 Å². The quantitative estimate of drug-likeness (QED) is 0.166. The second-order valence-corrected chi connectivity index (χ2v) is 12.8. The fourth-order valence-electron chi connectivity index (χ4n) is 5.69. The lowest BCUT2D eigenvalue weighted by atomic mass is 10.0. The summed E-state index contributed by atoms with van der Waals surface area (Å²) in [4.78, 5) is 71.6. The highest BCUT2D eigenvalue weighted by Gasteiger charge is 2.39. The third-order valence-electron chi connectivity index (χ3n) is 8.00. The van der Waals surface area contributed by atoms with Crippen LogP contribution < -0.4 is 10.6 Å². The van der Waals surface area contributed by atoms with Gasteiger partial charge in [-0.15, -0.1) is 0 Å². The predicted molar refractivity (Wildman–Crippen MR) is 179 cm³/mol. The number of fused-ring (bicyclic) bond motifs is 1. The van der Waals surface area contributed by atoms with Gasteiger partial charge < -0.3 is 25.1 Å². The molecular formula is C37H40N4O7. The molecule has 0 unspecified atom stereocenters. The molecule has 3 aromatic carbocycles. The molecule has 1 saturated heterocycles. The number of aromatic amines is 1. The van der Waals surface area contributed by atoms with Crippen LogP contribution in [0.1, 0.15) is 55.1 Å². The lowest BCUT2D eigenvalue weighted by molar-refractivity contribution is -0.143. The zero-order valence-electron chi connectivity index (χ0n) is 27.2. The third-order valence-corrected chi connectivity index (χ3v) is 8.00. The molecule has 1 fully saturated rings. The van der Waals surface area contributed by atoms with Crippen molar-refractivity contribution in [1.29, 1.82) is 0 Å². The van der Waals surface area contributed by atoms with Gasteiger partial charge in [0.1, 0.15) is 23.7 Å². The molecular weight excluding hydrogens is 612 g/mol. The molecule has 3 atom stereocenters. The van der Waals surface area contributed by atoms with Crippen LogP contribution in [-0.4, -0.2) is 70.0 Å². The van der Waals surface area contributed by atoms with Gasteiger partial charge in [-0.1, -0.05) is 66.7 Å². The second-order valence-electron chi connectivity index (χ2n) is 12.8. The summed E-state index contributed by atoms with van der Waals surface area (Å²) < 4.78 is 10.7. The van der Waals surface area contributed by atoms with Crippen LogP contribution in [0.4, 0.5) is 4.79 Å². The Morgan fingerprint density at radius 2 is 1.52 bits per heavy atom. The number of para-hydroxylation sites is 1. The average Bonchev–Trinajstić information content (AvgIpc) is 3.72. The molecule has 4 aromatic rings. The molecule has 0 aliphatic carbocycles. The molecule has 0 spiro atoms. The van der Waals surface area contributed by atoms with E-state index < -0.39 is 53.6 Å². The van der Waals surface area contributed by atoms with Crippen molar-refractivity contribution in [3.63, 3.8) is 0 Å². The van der Waals surface area contributed by atoms with Gasteiger partial charge in [0, 0.05) is 36.5 Å². The van der Waals surface area contributed by atoms with Crippen molar-refractivity contribution in [1.82, 2.24) is 20.5 Å². The van der Waals surface area contributed by atoms with E-state index in [1.54, 1.807) is 69.4 Å². The van der Waals surface area contributed by atoms with Gasteiger partial charge >= 0.3 is 18.0 Å². The summed E-state index contributed by atoms with van der Waals surface area (Å²) in [6, 6.07) is 21.4. The normalized spacial score (nSPS) is 15.7. The number of H-pyrrole nitrogens is 1. The van der Waals surface area contributed by atoms with Crippen molar-refractivity contribution < 1.29 is 33.4 Å². The number of nitrogens with one attached hydrogen (secondary N) is 3. The van der Waals surface area contributed by atoms with E-state index in [1.807, 2.05) is 30.3 Å². The van der Waals surface area contributed by atoms with Gasteiger partial charge in [0.2, 0.25) is 11.8 Å². The minimum atomic E-state index is -1.25. The van der Waals surface area contributed by atoms with Crippen LogP contribution in [0.5, 0.6) is 0 Å².